The van der Waals surface area contributed by atoms with Crippen molar-refractivity contribution in [3.8, 4) is 0 Å². The summed E-state index contributed by atoms with van der Waals surface area (Å²) in [4.78, 5) is 22.4. The van der Waals surface area contributed by atoms with Crippen molar-refractivity contribution in [2.75, 3.05) is 18.4 Å². The molecule has 0 bridgehead atoms. The zero-order chi connectivity index (χ0) is 12.4. The molecular formula is C12H12N4OS. The van der Waals surface area contributed by atoms with Crippen molar-refractivity contribution in [1.29, 1.82) is 0 Å². The molecule has 5 nitrogen and oxygen atoms in total. The summed E-state index contributed by atoms with van der Waals surface area (Å²) >= 11 is 1.59. The van der Waals surface area contributed by atoms with Crippen LogP contribution in [0.15, 0.2) is 40.5 Å². The summed E-state index contributed by atoms with van der Waals surface area (Å²) in [7, 11) is 0. The van der Waals surface area contributed by atoms with Crippen molar-refractivity contribution in [2.24, 2.45) is 4.99 Å². The van der Waals surface area contributed by atoms with Gasteiger partial charge in [-0.25, -0.2) is 4.98 Å². The number of thioether (sulfide) groups is 1. The Balaban J connectivity index is 1.61. The summed E-state index contributed by atoms with van der Waals surface area (Å²) in [6.07, 6.45) is 2.02. The van der Waals surface area contributed by atoms with Gasteiger partial charge in [-0.2, -0.15) is 0 Å². The fourth-order valence-corrected chi connectivity index (χ4v) is 2.86. The lowest BCUT2D eigenvalue weighted by Gasteiger charge is -2.15. The second-order valence-electron chi connectivity index (χ2n) is 3.98. The summed E-state index contributed by atoms with van der Waals surface area (Å²) in [5.41, 5.74) is 1.02. The molecule has 6 heteroatoms. The third kappa shape index (κ3) is 2.24. The number of aromatic nitrogens is 1. The summed E-state index contributed by atoms with van der Waals surface area (Å²) in [6.45, 7) is 1.70. The van der Waals surface area contributed by atoms with Crippen LogP contribution in [-0.2, 0) is 4.79 Å². The Kier molecular flexibility index (Phi) is 3.02. The summed E-state index contributed by atoms with van der Waals surface area (Å²) in [5.74, 6) is 0.540. The van der Waals surface area contributed by atoms with Crippen LogP contribution >= 0.6 is 11.8 Å². The number of nitrogens with zero attached hydrogens (tertiary/aromatic N) is 3. The second kappa shape index (κ2) is 4.81. The summed E-state index contributed by atoms with van der Waals surface area (Å²) < 4.78 is 0. The molecule has 0 aliphatic carbocycles. The van der Waals surface area contributed by atoms with Gasteiger partial charge in [0.1, 0.15) is 5.82 Å². The van der Waals surface area contributed by atoms with Crippen molar-refractivity contribution in [1.82, 2.24) is 9.88 Å². The first-order valence-electron chi connectivity index (χ1n) is 5.71. The SMILES string of the molecule is O=C(CC1=CSC2=NCCN12)Nc1ccccn1. The van der Waals surface area contributed by atoms with Crippen LogP contribution in [-0.4, -0.2) is 34.0 Å². The molecule has 3 heterocycles. The normalized spacial score (nSPS) is 17.2. The number of aliphatic imine (C=N–C) groups is 1. The van der Waals surface area contributed by atoms with Crippen LogP contribution in [0.1, 0.15) is 6.42 Å². The molecule has 1 aromatic rings. The first kappa shape index (κ1) is 11.3. The lowest BCUT2D eigenvalue weighted by atomic mass is 10.3. The Bertz CT molecular complexity index is 526. The number of carbonyl (C=O) groups is 1. The van der Waals surface area contributed by atoms with Gasteiger partial charge in [-0.3, -0.25) is 9.79 Å². The van der Waals surface area contributed by atoms with E-state index in [-0.39, 0.29) is 5.91 Å². The van der Waals surface area contributed by atoms with E-state index < -0.39 is 0 Å². The molecular weight excluding hydrogens is 248 g/mol. The van der Waals surface area contributed by atoms with Gasteiger partial charge in [-0.15, -0.1) is 0 Å². The van der Waals surface area contributed by atoms with Gasteiger partial charge in [-0.1, -0.05) is 17.8 Å². The minimum absolute atomic E-state index is 0.0475. The molecule has 0 spiro atoms. The van der Waals surface area contributed by atoms with E-state index in [1.54, 1.807) is 24.0 Å². The highest BCUT2D eigenvalue weighted by atomic mass is 32.2. The predicted octanol–water partition coefficient (Wildman–Crippen LogP) is 1.67. The molecule has 0 unspecified atom stereocenters. The maximum Gasteiger partial charge on any atom is 0.231 e. The number of amides is 1. The summed E-state index contributed by atoms with van der Waals surface area (Å²) in [5, 5.41) is 5.79. The van der Waals surface area contributed by atoms with Crippen LogP contribution in [0.2, 0.25) is 0 Å². The second-order valence-corrected chi connectivity index (χ2v) is 4.82. The number of fused-ring (bicyclic) bond motifs is 1. The number of hydrogen-bond acceptors (Lipinski definition) is 5. The van der Waals surface area contributed by atoms with Crippen molar-refractivity contribution in [3.05, 3.63) is 35.5 Å². The minimum Gasteiger partial charge on any atom is -0.322 e. The first-order valence-corrected chi connectivity index (χ1v) is 6.59. The van der Waals surface area contributed by atoms with E-state index in [1.165, 1.54) is 0 Å². The largest absolute Gasteiger partial charge is 0.322 e. The standard InChI is InChI=1S/C12H12N4OS/c17-11(15-10-3-1-2-4-13-10)7-9-8-18-12-14-5-6-16(9)12/h1-4,8H,5-7H2,(H,13,15,17). The highest BCUT2D eigenvalue weighted by molar-refractivity contribution is 8.16. The molecule has 1 aromatic heterocycles. The third-order valence-electron chi connectivity index (χ3n) is 2.72. The van der Waals surface area contributed by atoms with Gasteiger partial charge in [0.25, 0.3) is 0 Å². The Hall–Kier alpha value is -1.82. The molecule has 3 rings (SSSR count). The van der Waals surface area contributed by atoms with Crippen molar-refractivity contribution >= 4 is 28.7 Å². The number of pyridine rings is 1. The Labute approximate surface area is 109 Å². The van der Waals surface area contributed by atoms with Gasteiger partial charge in [0.05, 0.1) is 13.0 Å². The maximum atomic E-state index is 11.9. The Morgan fingerprint density at radius 2 is 2.44 bits per heavy atom. The number of rotatable bonds is 3. The number of hydrogen-bond donors (Lipinski definition) is 1. The van der Waals surface area contributed by atoms with Crippen molar-refractivity contribution in [2.45, 2.75) is 6.42 Å². The molecule has 0 fully saturated rings. The Morgan fingerprint density at radius 3 is 3.28 bits per heavy atom. The van der Waals surface area contributed by atoms with Crippen molar-refractivity contribution < 1.29 is 4.79 Å². The average Bonchev–Trinajstić information content (AvgIpc) is 2.95. The van der Waals surface area contributed by atoms with Gasteiger partial charge >= 0.3 is 0 Å². The van der Waals surface area contributed by atoms with Crippen LogP contribution in [0, 0.1) is 0 Å². The van der Waals surface area contributed by atoms with Crippen LogP contribution in [0.3, 0.4) is 0 Å². The number of nitrogens with one attached hydrogen (secondary N) is 1. The van der Waals surface area contributed by atoms with Gasteiger partial charge in [0, 0.05) is 18.4 Å². The zero-order valence-electron chi connectivity index (χ0n) is 9.67. The predicted molar refractivity (Wildman–Crippen MR) is 72.2 cm³/mol. The molecule has 18 heavy (non-hydrogen) atoms. The van der Waals surface area contributed by atoms with E-state index in [9.17, 15) is 4.79 Å². The van der Waals surface area contributed by atoms with E-state index >= 15 is 0 Å². The number of amidine groups is 1. The lowest BCUT2D eigenvalue weighted by Crippen LogP contribution is -2.24. The molecule has 0 saturated carbocycles. The van der Waals surface area contributed by atoms with Crippen molar-refractivity contribution in [3.63, 3.8) is 0 Å². The topological polar surface area (TPSA) is 57.6 Å². The Morgan fingerprint density at radius 1 is 1.50 bits per heavy atom. The fourth-order valence-electron chi connectivity index (χ4n) is 1.90. The quantitative estimate of drug-likeness (QED) is 0.898. The molecule has 2 aliphatic rings. The molecule has 0 aromatic carbocycles. The van der Waals surface area contributed by atoms with Crippen LogP contribution in [0.25, 0.3) is 0 Å². The van der Waals surface area contributed by atoms with E-state index in [4.69, 9.17) is 0 Å². The third-order valence-corrected chi connectivity index (χ3v) is 3.67. The zero-order valence-corrected chi connectivity index (χ0v) is 10.5. The maximum absolute atomic E-state index is 11.9. The highest BCUT2D eigenvalue weighted by Crippen LogP contribution is 2.30. The van der Waals surface area contributed by atoms with E-state index in [2.05, 4.69) is 20.2 Å². The van der Waals surface area contributed by atoms with Gasteiger partial charge in [-0.05, 0) is 17.5 Å². The molecule has 1 N–H and O–H groups in total. The molecule has 0 saturated heterocycles. The smallest absolute Gasteiger partial charge is 0.231 e. The van der Waals surface area contributed by atoms with Crippen LogP contribution < -0.4 is 5.32 Å². The monoisotopic (exact) mass is 260 g/mol. The van der Waals surface area contributed by atoms with Gasteiger partial charge in [0.2, 0.25) is 5.91 Å². The molecule has 1 amide bonds. The van der Waals surface area contributed by atoms with Gasteiger partial charge < -0.3 is 10.2 Å². The van der Waals surface area contributed by atoms with Crippen LogP contribution in [0.5, 0.6) is 0 Å². The van der Waals surface area contributed by atoms with E-state index in [1.807, 2.05) is 17.5 Å². The molecule has 2 aliphatic heterocycles. The van der Waals surface area contributed by atoms with Crippen LogP contribution in [0.4, 0.5) is 5.82 Å². The molecule has 92 valence electrons. The minimum atomic E-state index is -0.0475. The van der Waals surface area contributed by atoms with Gasteiger partial charge in [0.15, 0.2) is 5.17 Å². The highest BCUT2D eigenvalue weighted by Gasteiger charge is 2.27. The fraction of sp³-hybridized carbons (Fsp3) is 0.250. The number of anilines is 1. The summed E-state index contributed by atoms with van der Waals surface area (Å²) in [6, 6.07) is 5.44. The lowest BCUT2D eigenvalue weighted by molar-refractivity contribution is -0.115. The first-order chi connectivity index (χ1) is 8.83. The van der Waals surface area contributed by atoms with E-state index in [0.29, 0.717) is 12.2 Å². The average molecular weight is 260 g/mol. The number of carbonyl (C=O) groups excluding carboxylic acids is 1. The van der Waals surface area contributed by atoms with E-state index in [0.717, 1.165) is 24.0 Å². The molecule has 0 atom stereocenters. The molecule has 0 radical (unpaired) electrons.